The molecule has 2 rings (SSSR count). The number of hydrogen-bond donors (Lipinski definition) is 1. The van der Waals surface area contributed by atoms with Crippen LogP contribution in [0, 0.1) is 0 Å². The second-order valence-electron chi connectivity index (χ2n) is 3.19. The van der Waals surface area contributed by atoms with Gasteiger partial charge in [-0.1, -0.05) is 0 Å². The van der Waals surface area contributed by atoms with Crippen LogP contribution in [0.2, 0.25) is 0 Å². The Morgan fingerprint density at radius 3 is 3.00 bits per heavy atom. The molecule has 15 heavy (non-hydrogen) atoms. The number of hydrogen-bond acceptors (Lipinski definition) is 5. The average Bonchev–Trinajstić information content (AvgIpc) is 2.75. The van der Waals surface area contributed by atoms with E-state index < -0.39 is 0 Å². The van der Waals surface area contributed by atoms with Crippen molar-refractivity contribution in [2.24, 2.45) is 7.05 Å². The molecule has 6 heteroatoms. The van der Waals surface area contributed by atoms with Gasteiger partial charge in [0, 0.05) is 19.7 Å². The van der Waals surface area contributed by atoms with Gasteiger partial charge < -0.3 is 5.73 Å². The maximum Gasteiger partial charge on any atom is 0.188 e. The largest absolute Gasteiger partial charge is 0.389 e. The van der Waals surface area contributed by atoms with Gasteiger partial charge in [-0.15, -0.1) is 11.3 Å². The van der Waals surface area contributed by atoms with Gasteiger partial charge in [0.1, 0.15) is 10.7 Å². The lowest BCUT2D eigenvalue weighted by Gasteiger charge is -1.95. The monoisotopic (exact) mass is 222 g/mol. The first-order valence-electron chi connectivity index (χ1n) is 4.36. The maximum atomic E-state index is 11.7. The minimum atomic E-state index is -0.0678. The van der Waals surface area contributed by atoms with Crippen molar-refractivity contribution in [3.8, 4) is 0 Å². The van der Waals surface area contributed by atoms with Crippen molar-refractivity contribution in [2.75, 3.05) is 5.73 Å². The van der Waals surface area contributed by atoms with E-state index in [-0.39, 0.29) is 5.78 Å². The fraction of sp³-hybridized carbons (Fsp3) is 0.222. The van der Waals surface area contributed by atoms with E-state index >= 15 is 0 Å². The van der Waals surface area contributed by atoms with Crippen LogP contribution in [0.5, 0.6) is 0 Å². The molecule has 0 unspecified atom stereocenters. The van der Waals surface area contributed by atoms with E-state index in [1.54, 1.807) is 22.6 Å². The van der Waals surface area contributed by atoms with E-state index in [0.717, 1.165) is 5.56 Å². The van der Waals surface area contributed by atoms with E-state index in [1.807, 2.05) is 7.05 Å². The molecule has 0 saturated carbocycles. The van der Waals surface area contributed by atoms with E-state index in [4.69, 9.17) is 5.73 Å². The summed E-state index contributed by atoms with van der Waals surface area (Å²) in [6.07, 6.45) is 3.77. The predicted molar refractivity (Wildman–Crippen MR) is 57.8 cm³/mol. The van der Waals surface area contributed by atoms with Gasteiger partial charge in [0.2, 0.25) is 0 Å². The molecule has 0 amide bonds. The first-order chi connectivity index (χ1) is 7.16. The predicted octanol–water partition coefficient (Wildman–Crippen LogP) is 0.884. The minimum absolute atomic E-state index is 0.0678. The fourth-order valence-corrected chi connectivity index (χ4v) is 1.85. The molecule has 5 nitrogen and oxygen atoms in total. The molecule has 78 valence electrons. The van der Waals surface area contributed by atoms with Crippen molar-refractivity contribution in [1.82, 2.24) is 14.8 Å². The second kappa shape index (κ2) is 3.82. The molecule has 0 spiro atoms. The molecule has 2 aromatic heterocycles. The third-order valence-corrected chi connectivity index (χ3v) is 2.64. The molecule has 0 atom stereocenters. The summed E-state index contributed by atoms with van der Waals surface area (Å²) < 4.78 is 1.66. The van der Waals surface area contributed by atoms with Gasteiger partial charge >= 0.3 is 0 Å². The molecule has 0 saturated heterocycles. The lowest BCUT2D eigenvalue weighted by molar-refractivity contribution is 0.0989. The number of Topliss-reactive ketones (excluding diaryl/α,β-unsaturated/α-hetero) is 1. The third-order valence-electron chi connectivity index (χ3n) is 1.98. The number of thiazole rings is 1. The molecule has 2 aromatic rings. The zero-order chi connectivity index (χ0) is 10.8. The lowest BCUT2D eigenvalue weighted by atomic mass is 10.1. The van der Waals surface area contributed by atoms with E-state index in [2.05, 4.69) is 10.1 Å². The van der Waals surface area contributed by atoms with E-state index in [0.29, 0.717) is 17.1 Å². The molecule has 2 N–H and O–H groups in total. The fourth-order valence-electron chi connectivity index (χ4n) is 1.30. The molecule has 0 aromatic carbocycles. The summed E-state index contributed by atoms with van der Waals surface area (Å²) in [5.41, 5.74) is 8.42. The molecule has 0 aliphatic rings. The SMILES string of the molecule is Cn1cc(CC(=O)c2ncsc2N)cn1. The Kier molecular flexibility index (Phi) is 2.51. The molecule has 0 fully saturated rings. The number of carbonyl (C=O) groups excluding carboxylic acids is 1. The van der Waals surface area contributed by atoms with Crippen molar-refractivity contribution < 1.29 is 4.79 Å². The number of carbonyl (C=O) groups is 1. The van der Waals surface area contributed by atoms with Crippen molar-refractivity contribution in [3.05, 3.63) is 29.2 Å². The maximum absolute atomic E-state index is 11.7. The van der Waals surface area contributed by atoms with Crippen LogP contribution in [0.4, 0.5) is 5.00 Å². The Labute approximate surface area is 90.6 Å². The Morgan fingerprint density at radius 1 is 1.67 bits per heavy atom. The van der Waals surface area contributed by atoms with E-state index in [1.165, 1.54) is 11.3 Å². The zero-order valence-electron chi connectivity index (χ0n) is 8.17. The highest BCUT2D eigenvalue weighted by Gasteiger charge is 2.13. The first kappa shape index (κ1) is 9.85. The van der Waals surface area contributed by atoms with Crippen LogP contribution >= 0.6 is 11.3 Å². The third kappa shape index (κ3) is 2.04. The highest BCUT2D eigenvalue weighted by Crippen LogP contribution is 2.17. The van der Waals surface area contributed by atoms with Gasteiger partial charge in [-0.25, -0.2) is 4.98 Å². The van der Waals surface area contributed by atoms with Crippen molar-refractivity contribution in [3.63, 3.8) is 0 Å². The quantitative estimate of drug-likeness (QED) is 0.782. The van der Waals surface area contributed by atoms with Gasteiger partial charge in [0.15, 0.2) is 5.78 Å². The summed E-state index contributed by atoms with van der Waals surface area (Å²) in [5, 5.41) is 4.46. The molecule has 0 radical (unpaired) electrons. The first-order valence-corrected chi connectivity index (χ1v) is 5.24. The van der Waals surface area contributed by atoms with Gasteiger partial charge in [-0.2, -0.15) is 5.10 Å². The van der Waals surface area contributed by atoms with Gasteiger partial charge in [-0.3, -0.25) is 9.48 Å². The number of nitrogen functional groups attached to an aromatic ring is 1. The summed E-state index contributed by atoms with van der Waals surface area (Å²) >= 11 is 1.27. The van der Waals surface area contributed by atoms with Crippen LogP contribution in [-0.2, 0) is 13.5 Å². The smallest absolute Gasteiger partial charge is 0.188 e. The molecular formula is C9H10N4OS. The van der Waals surface area contributed by atoms with Gasteiger partial charge in [0.05, 0.1) is 11.7 Å². The van der Waals surface area contributed by atoms with Crippen molar-refractivity contribution in [1.29, 1.82) is 0 Å². The lowest BCUT2D eigenvalue weighted by Crippen LogP contribution is -2.05. The number of anilines is 1. The zero-order valence-corrected chi connectivity index (χ0v) is 8.99. The van der Waals surface area contributed by atoms with Crippen molar-refractivity contribution >= 4 is 22.1 Å². The average molecular weight is 222 g/mol. The minimum Gasteiger partial charge on any atom is -0.389 e. The molecule has 0 bridgehead atoms. The molecule has 0 aliphatic heterocycles. The van der Waals surface area contributed by atoms with Crippen LogP contribution in [0.3, 0.4) is 0 Å². The van der Waals surface area contributed by atoms with Crippen LogP contribution in [0.25, 0.3) is 0 Å². The second-order valence-corrected chi connectivity index (χ2v) is 4.07. The summed E-state index contributed by atoms with van der Waals surface area (Å²) in [7, 11) is 1.81. The van der Waals surface area contributed by atoms with Crippen LogP contribution in [0.1, 0.15) is 16.1 Å². The van der Waals surface area contributed by atoms with Crippen LogP contribution < -0.4 is 5.73 Å². The number of aromatic nitrogens is 3. The van der Waals surface area contributed by atoms with Crippen molar-refractivity contribution in [2.45, 2.75) is 6.42 Å². The number of aryl methyl sites for hydroxylation is 1. The molecular weight excluding hydrogens is 212 g/mol. The Hall–Kier alpha value is -1.69. The normalized spacial score (nSPS) is 10.5. The highest BCUT2D eigenvalue weighted by molar-refractivity contribution is 7.14. The number of nitrogens with zero attached hydrogens (tertiary/aromatic N) is 3. The highest BCUT2D eigenvalue weighted by atomic mass is 32.1. The van der Waals surface area contributed by atoms with Crippen LogP contribution in [0.15, 0.2) is 17.9 Å². The summed E-state index contributed by atoms with van der Waals surface area (Å²) in [4.78, 5) is 15.7. The molecule has 0 aliphatic carbocycles. The summed E-state index contributed by atoms with van der Waals surface area (Å²) in [5.74, 6) is -0.0678. The summed E-state index contributed by atoms with van der Waals surface area (Å²) in [6.45, 7) is 0. The van der Waals surface area contributed by atoms with E-state index in [9.17, 15) is 4.79 Å². The summed E-state index contributed by atoms with van der Waals surface area (Å²) in [6, 6.07) is 0. The number of nitrogens with two attached hydrogens (primary N) is 1. The molecule has 2 heterocycles. The number of rotatable bonds is 3. The van der Waals surface area contributed by atoms with Crippen LogP contribution in [-0.4, -0.2) is 20.5 Å². The van der Waals surface area contributed by atoms with Gasteiger partial charge in [-0.05, 0) is 5.56 Å². The topological polar surface area (TPSA) is 73.8 Å². The number of ketones is 1. The standard InChI is InChI=1S/C9H10N4OS/c1-13-4-6(3-12-13)2-7(14)8-9(10)15-5-11-8/h3-5H,2,10H2,1H3. The Balaban J connectivity index is 2.14. The Morgan fingerprint density at radius 2 is 2.47 bits per heavy atom. The Bertz CT molecular complexity index is 488. The van der Waals surface area contributed by atoms with Gasteiger partial charge in [0.25, 0.3) is 0 Å².